The Hall–Kier alpha value is -0.820. The van der Waals surface area contributed by atoms with Crippen LogP contribution >= 0.6 is 0 Å². The standard InChI is InChI=1S/C20H33N/c1-5-13-20(14-12-17(3)6-2)16-21(4)15-19(20)18-10-8-7-9-11-18/h7-11,17,19H,5-6,12-16H2,1-4H3. The fraction of sp³-hybridized carbons (Fsp3) is 0.700. The smallest absolute Gasteiger partial charge is 0.00533 e. The average Bonchev–Trinajstić information content (AvgIpc) is 2.83. The van der Waals surface area contributed by atoms with E-state index < -0.39 is 0 Å². The SMILES string of the molecule is CCCC1(CCC(C)CC)CN(C)CC1c1ccccc1. The van der Waals surface area contributed by atoms with Gasteiger partial charge in [-0.25, -0.2) is 0 Å². The summed E-state index contributed by atoms with van der Waals surface area (Å²) in [6.45, 7) is 9.59. The quantitative estimate of drug-likeness (QED) is 0.655. The van der Waals surface area contributed by atoms with Crippen LogP contribution in [0.15, 0.2) is 30.3 Å². The van der Waals surface area contributed by atoms with E-state index in [0.717, 1.165) is 5.92 Å². The summed E-state index contributed by atoms with van der Waals surface area (Å²) in [5.41, 5.74) is 2.05. The van der Waals surface area contributed by atoms with Gasteiger partial charge in [0.1, 0.15) is 0 Å². The van der Waals surface area contributed by atoms with Crippen LogP contribution in [0.1, 0.15) is 64.4 Å². The van der Waals surface area contributed by atoms with Crippen molar-refractivity contribution in [1.29, 1.82) is 0 Å². The van der Waals surface area contributed by atoms with E-state index in [1.165, 1.54) is 45.2 Å². The summed E-state index contributed by atoms with van der Waals surface area (Å²) < 4.78 is 0. The second kappa shape index (κ2) is 7.45. The monoisotopic (exact) mass is 287 g/mol. The van der Waals surface area contributed by atoms with Crippen molar-refractivity contribution in [1.82, 2.24) is 4.90 Å². The largest absolute Gasteiger partial charge is 0.305 e. The van der Waals surface area contributed by atoms with Crippen LogP contribution in [-0.4, -0.2) is 25.0 Å². The first kappa shape index (κ1) is 16.5. The molecule has 2 rings (SSSR count). The first-order chi connectivity index (χ1) is 10.1. The Morgan fingerprint density at radius 3 is 2.52 bits per heavy atom. The Bertz CT molecular complexity index is 413. The minimum absolute atomic E-state index is 0.494. The molecule has 21 heavy (non-hydrogen) atoms. The summed E-state index contributed by atoms with van der Waals surface area (Å²) >= 11 is 0. The summed E-state index contributed by atoms with van der Waals surface area (Å²) in [5.74, 6) is 1.58. The van der Waals surface area contributed by atoms with E-state index in [1.807, 2.05) is 0 Å². The van der Waals surface area contributed by atoms with Gasteiger partial charge in [0.05, 0.1) is 0 Å². The molecule has 0 amide bonds. The van der Waals surface area contributed by atoms with E-state index in [2.05, 4.69) is 63.1 Å². The van der Waals surface area contributed by atoms with Crippen molar-refractivity contribution in [3.8, 4) is 0 Å². The number of rotatable bonds is 7. The van der Waals surface area contributed by atoms with Gasteiger partial charge in [-0.05, 0) is 36.8 Å². The van der Waals surface area contributed by atoms with Gasteiger partial charge in [-0.2, -0.15) is 0 Å². The van der Waals surface area contributed by atoms with Crippen LogP contribution < -0.4 is 0 Å². The molecule has 0 aromatic heterocycles. The maximum absolute atomic E-state index is 2.56. The number of hydrogen-bond donors (Lipinski definition) is 0. The van der Waals surface area contributed by atoms with E-state index in [1.54, 1.807) is 5.56 Å². The Kier molecular flexibility index (Phi) is 5.87. The highest BCUT2D eigenvalue weighted by molar-refractivity contribution is 5.25. The van der Waals surface area contributed by atoms with Gasteiger partial charge in [0.25, 0.3) is 0 Å². The van der Waals surface area contributed by atoms with E-state index in [-0.39, 0.29) is 0 Å². The summed E-state index contributed by atoms with van der Waals surface area (Å²) in [6, 6.07) is 11.2. The topological polar surface area (TPSA) is 3.24 Å². The number of likely N-dealkylation sites (tertiary alicyclic amines) is 1. The predicted molar refractivity (Wildman–Crippen MR) is 92.7 cm³/mol. The Labute approximate surface area is 131 Å². The van der Waals surface area contributed by atoms with E-state index >= 15 is 0 Å². The fourth-order valence-corrected chi connectivity index (χ4v) is 4.23. The van der Waals surface area contributed by atoms with Crippen LogP contribution in [0.25, 0.3) is 0 Å². The molecular formula is C20H33N. The van der Waals surface area contributed by atoms with Crippen molar-refractivity contribution in [2.45, 2.75) is 58.8 Å². The van der Waals surface area contributed by atoms with Gasteiger partial charge >= 0.3 is 0 Å². The Morgan fingerprint density at radius 1 is 1.19 bits per heavy atom. The molecule has 0 N–H and O–H groups in total. The van der Waals surface area contributed by atoms with Gasteiger partial charge in [0, 0.05) is 19.0 Å². The van der Waals surface area contributed by atoms with Crippen LogP contribution in [0.2, 0.25) is 0 Å². The molecule has 0 aliphatic carbocycles. The zero-order valence-electron chi connectivity index (χ0n) is 14.4. The number of likely N-dealkylation sites (N-methyl/N-ethyl adjacent to an activating group) is 1. The highest BCUT2D eigenvalue weighted by Crippen LogP contribution is 2.49. The van der Waals surface area contributed by atoms with Gasteiger partial charge in [0.2, 0.25) is 0 Å². The van der Waals surface area contributed by atoms with Gasteiger partial charge in [-0.15, -0.1) is 0 Å². The normalized spacial score (nSPS) is 27.9. The van der Waals surface area contributed by atoms with E-state index in [4.69, 9.17) is 0 Å². The number of nitrogens with zero attached hydrogens (tertiary/aromatic N) is 1. The Balaban J connectivity index is 2.22. The molecule has 1 fully saturated rings. The lowest BCUT2D eigenvalue weighted by atomic mass is 9.68. The molecule has 1 heteroatoms. The molecule has 0 bridgehead atoms. The van der Waals surface area contributed by atoms with Gasteiger partial charge in [-0.3, -0.25) is 0 Å². The lowest BCUT2D eigenvalue weighted by Crippen LogP contribution is -2.30. The maximum Gasteiger partial charge on any atom is 0.00533 e. The van der Waals surface area contributed by atoms with Crippen molar-refractivity contribution in [3.05, 3.63) is 35.9 Å². The van der Waals surface area contributed by atoms with E-state index in [9.17, 15) is 0 Å². The lowest BCUT2D eigenvalue weighted by Gasteiger charge is -2.36. The summed E-state index contributed by atoms with van der Waals surface area (Å²) in [7, 11) is 2.30. The molecule has 1 saturated heterocycles. The molecule has 1 aromatic rings. The third-order valence-electron chi connectivity index (χ3n) is 5.60. The van der Waals surface area contributed by atoms with Crippen LogP contribution in [0.3, 0.4) is 0 Å². The molecule has 1 heterocycles. The van der Waals surface area contributed by atoms with Crippen LogP contribution in [-0.2, 0) is 0 Å². The van der Waals surface area contributed by atoms with E-state index in [0.29, 0.717) is 11.3 Å². The fourth-order valence-electron chi connectivity index (χ4n) is 4.23. The van der Waals surface area contributed by atoms with Gasteiger partial charge in [0.15, 0.2) is 0 Å². The molecule has 118 valence electrons. The molecular weight excluding hydrogens is 254 g/mol. The van der Waals surface area contributed by atoms with Crippen LogP contribution in [0.4, 0.5) is 0 Å². The highest BCUT2D eigenvalue weighted by Gasteiger charge is 2.44. The molecule has 1 nitrogen and oxygen atoms in total. The lowest BCUT2D eigenvalue weighted by molar-refractivity contribution is 0.199. The van der Waals surface area contributed by atoms with Crippen molar-refractivity contribution < 1.29 is 0 Å². The predicted octanol–water partition coefficient (Wildman–Crippen LogP) is 5.33. The first-order valence-electron chi connectivity index (χ1n) is 8.84. The second-order valence-electron chi connectivity index (χ2n) is 7.32. The zero-order valence-corrected chi connectivity index (χ0v) is 14.4. The van der Waals surface area contributed by atoms with Crippen LogP contribution in [0.5, 0.6) is 0 Å². The number of hydrogen-bond acceptors (Lipinski definition) is 1. The zero-order chi connectivity index (χ0) is 15.3. The summed E-state index contributed by atoms with van der Waals surface area (Å²) in [4.78, 5) is 2.56. The molecule has 1 aliphatic heterocycles. The minimum atomic E-state index is 0.494. The third kappa shape index (κ3) is 3.88. The van der Waals surface area contributed by atoms with Crippen molar-refractivity contribution >= 4 is 0 Å². The molecule has 3 atom stereocenters. The van der Waals surface area contributed by atoms with Crippen molar-refractivity contribution in [3.63, 3.8) is 0 Å². The van der Waals surface area contributed by atoms with Gasteiger partial charge < -0.3 is 4.90 Å². The third-order valence-corrected chi connectivity index (χ3v) is 5.60. The first-order valence-corrected chi connectivity index (χ1v) is 8.84. The number of benzene rings is 1. The molecule has 0 radical (unpaired) electrons. The molecule has 1 aromatic carbocycles. The highest BCUT2D eigenvalue weighted by atomic mass is 15.1. The Morgan fingerprint density at radius 2 is 1.90 bits per heavy atom. The van der Waals surface area contributed by atoms with Gasteiger partial charge in [-0.1, -0.05) is 70.4 Å². The summed E-state index contributed by atoms with van der Waals surface area (Å²) in [6.07, 6.45) is 6.76. The molecule has 3 unspecified atom stereocenters. The maximum atomic E-state index is 2.56. The van der Waals surface area contributed by atoms with Crippen molar-refractivity contribution in [2.24, 2.45) is 11.3 Å². The van der Waals surface area contributed by atoms with Crippen LogP contribution in [0, 0.1) is 11.3 Å². The molecule has 0 spiro atoms. The molecule has 1 aliphatic rings. The molecule has 0 saturated carbocycles. The minimum Gasteiger partial charge on any atom is -0.305 e. The average molecular weight is 287 g/mol. The second-order valence-corrected chi connectivity index (χ2v) is 7.32. The summed E-state index contributed by atoms with van der Waals surface area (Å²) in [5, 5.41) is 0. The van der Waals surface area contributed by atoms with Crippen molar-refractivity contribution in [2.75, 3.05) is 20.1 Å².